The van der Waals surface area contributed by atoms with Crippen LogP contribution in [0.25, 0.3) is 0 Å². The number of unbranched alkanes of at least 4 members (excludes halogenated alkanes) is 3. The van der Waals surface area contributed by atoms with Gasteiger partial charge < -0.3 is 0 Å². The zero-order valence-corrected chi connectivity index (χ0v) is 12.0. The van der Waals surface area contributed by atoms with Crippen LogP contribution in [-0.4, -0.2) is 0 Å². The molecule has 0 aromatic heterocycles. The van der Waals surface area contributed by atoms with Crippen LogP contribution >= 0.6 is 0 Å². The van der Waals surface area contributed by atoms with Crippen molar-refractivity contribution in [2.24, 2.45) is 11.8 Å². The molecular formula is C15H38. The first kappa shape index (κ1) is 24.3. The number of hydrogen-bond donors (Lipinski definition) is 0. The van der Waals surface area contributed by atoms with Gasteiger partial charge in [0.25, 0.3) is 0 Å². The van der Waals surface area contributed by atoms with Crippen LogP contribution in [0.3, 0.4) is 0 Å². The topological polar surface area (TPSA) is 0 Å². The summed E-state index contributed by atoms with van der Waals surface area (Å²) in [7, 11) is 0. The van der Waals surface area contributed by atoms with Crippen molar-refractivity contribution in [1.82, 2.24) is 0 Å². The Labute approximate surface area is 101 Å². The Morgan fingerprint density at radius 3 is 0.800 bits per heavy atom. The lowest BCUT2D eigenvalue weighted by Crippen LogP contribution is -1.66. The molecule has 0 heteroatoms. The average molecular weight is 218 g/mol. The van der Waals surface area contributed by atoms with Gasteiger partial charge in [0.1, 0.15) is 0 Å². The van der Waals surface area contributed by atoms with Crippen LogP contribution in [0.1, 0.15) is 88.5 Å². The molecule has 0 spiro atoms. The second kappa shape index (κ2) is 23.7. The molecule has 0 aliphatic rings. The molecule has 0 nitrogen and oxygen atoms in total. The van der Waals surface area contributed by atoms with Crippen LogP contribution < -0.4 is 0 Å². The Kier molecular flexibility index (Phi) is 38.3. The van der Waals surface area contributed by atoms with Gasteiger partial charge in [-0.05, 0) is 11.8 Å². The summed E-state index contributed by atoms with van der Waals surface area (Å²) in [6.07, 6.45) is 5.54. The highest BCUT2D eigenvalue weighted by atomic mass is 13.8. The Bertz CT molecular complexity index is 46.9. The van der Waals surface area contributed by atoms with Crippen LogP contribution in [0.5, 0.6) is 0 Å². The third-order valence-corrected chi connectivity index (χ3v) is 0.957. The van der Waals surface area contributed by atoms with Gasteiger partial charge >= 0.3 is 0 Å². The highest BCUT2D eigenvalue weighted by Gasteiger charge is 1.75. The van der Waals surface area contributed by atoms with Gasteiger partial charge in [0.05, 0.1) is 0 Å². The zero-order valence-electron chi connectivity index (χ0n) is 12.0. The molecule has 0 aliphatic carbocycles. The van der Waals surface area contributed by atoms with Gasteiger partial charge in [-0.15, -0.1) is 0 Å². The number of hydrogen-bond acceptors (Lipinski definition) is 0. The van der Waals surface area contributed by atoms with E-state index in [2.05, 4.69) is 55.4 Å². The standard InChI is InChI=1S/C6H14.2C4H10.CH4/c1-3-5-6-4-2;2*1-4(2)3;/h3-6H2,1-2H3;2*4H,1-3H3;1H4. The van der Waals surface area contributed by atoms with Crippen LogP contribution in [-0.2, 0) is 0 Å². The Hall–Kier alpha value is 0. The van der Waals surface area contributed by atoms with E-state index >= 15 is 0 Å². The van der Waals surface area contributed by atoms with Crippen molar-refractivity contribution in [3.8, 4) is 0 Å². The van der Waals surface area contributed by atoms with E-state index < -0.39 is 0 Å². The SMILES string of the molecule is C.CC(C)C.CC(C)C.CCCCCC. The third-order valence-electron chi connectivity index (χ3n) is 0.957. The molecule has 0 saturated carbocycles. The van der Waals surface area contributed by atoms with E-state index in [4.69, 9.17) is 0 Å². The molecule has 0 bridgehead atoms. The van der Waals surface area contributed by atoms with Gasteiger partial charge in [0.2, 0.25) is 0 Å². The van der Waals surface area contributed by atoms with E-state index in [1.54, 1.807) is 0 Å². The molecular weight excluding hydrogens is 180 g/mol. The van der Waals surface area contributed by atoms with E-state index in [0.717, 1.165) is 11.8 Å². The van der Waals surface area contributed by atoms with E-state index in [9.17, 15) is 0 Å². The molecule has 0 rings (SSSR count). The van der Waals surface area contributed by atoms with E-state index in [0.29, 0.717) is 0 Å². The molecule has 15 heavy (non-hydrogen) atoms. The third kappa shape index (κ3) is 224. The van der Waals surface area contributed by atoms with Crippen LogP contribution in [0.4, 0.5) is 0 Å². The van der Waals surface area contributed by atoms with Crippen molar-refractivity contribution in [3.63, 3.8) is 0 Å². The smallest absolute Gasteiger partial charge is 0.0500 e. The van der Waals surface area contributed by atoms with E-state index in [-0.39, 0.29) is 7.43 Å². The molecule has 0 heterocycles. The minimum atomic E-state index is 0. The van der Waals surface area contributed by atoms with Gasteiger partial charge in [-0.2, -0.15) is 0 Å². The van der Waals surface area contributed by atoms with Crippen LogP contribution in [0.2, 0.25) is 0 Å². The van der Waals surface area contributed by atoms with Crippen LogP contribution in [0.15, 0.2) is 0 Å². The molecule has 0 aliphatic heterocycles. The average Bonchev–Trinajstić information content (AvgIpc) is 1.98. The van der Waals surface area contributed by atoms with Crippen molar-refractivity contribution < 1.29 is 0 Å². The zero-order chi connectivity index (χ0) is 12.0. The quantitative estimate of drug-likeness (QED) is 0.471. The maximum absolute atomic E-state index is 2.23. The fourth-order valence-electron chi connectivity index (χ4n) is 0.500. The van der Waals surface area contributed by atoms with E-state index in [1.165, 1.54) is 25.7 Å². The molecule has 0 aromatic rings. The van der Waals surface area contributed by atoms with Crippen molar-refractivity contribution in [1.29, 1.82) is 0 Å². The monoisotopic (exact) mass is 218 g/mol. The van der Waals surface area contributed by atoms with Gasteiger partial charge in [0, 0.05) is 0 Å². The molecule has 0 radical (unpaired) electrons. The Morgan fingerprint density at radius 2 is 0.733 bits per heavy atom. The summed E-state index contributed by atoms with van der Waals surface area (Å²) < 4.78 is 0. The highest BCUT2D eigenvalue weighted by molar-refractivity contribution is 4.31. The molecule has 0 amide bonds. The first-order valence-corrected chi connectivity index (χ1v) is 6.38. The summed E-state index contributed by atoms with van der Waals surface area (Å²) in [5.74, 6) is 1.67. The van der Waals surface area contributed by atoms with Crippen LogP contribution in [0, 0.1) is 11.8 Å². The number of rotatable bonds is 3. The van der Waals surface area contributed by atoms with Crippen molar-refractivity contribution in [3.05, 3.63) is 0 Å². The Balaban J connectivity index is -0.0000000606. The lowest BCUT2D eigenvalue weighted by atomic mass is 10.2. The summed E-state index contributed by atoms with van der Waals surface area (Å²) in [4.78, 5) is 0. The minimum Gasteiger partial charge on any atom is -0.0776 e. The summed E-state index contributed by atoms with van der Waals surface area (Å²) in [5, 5.41) is 0. The summed E-state index contributed by atoms with van der Waals surface area (Å²) in [6, 6.07) is 0. The van der Waals surface area contributed by atoms with Gasteiger partial charge in [-0.3, -0.25) is 0 Å². The van der Waals surface area contributed by atoms with Gasteiger partial charge in [-0.1, -0.05) is 88.5 Å². The fraction of sp³-hybridized carbons (Fsp3) is 1.00. The van der Waals surface area contributed by atoms with Crippen molar-refractivity contribution >= 4 is 0 Å². The molecule has 0 N–H and O–H groups in total. The first-order valence-electron chi connectivity index (χ1n) is 6.38. The Morgan fingerprint density at radius 1 is 0.600 bits per heavy atom. The lowest BCUT2D eigenvalue weighted by Gasteiger charge is -1.86. The summed E-state index contributed by atoms with van der Waals surface area (Å²) in [6.45, 7) is 17.5. The predicted molar refractivity (Wildman–Crippen MR) is 77.6 cm³/mol. The maximum atomic E-state index is 2.23. The molecule has 98 valence electrons. The molecule has 0 aromatic carbocycles. The van der Waals surface area contributed by atoms with E-state index in [1.807, 2.05) is 0 Å². The predicted octanol–water partition coefficient (Wildman–Crippen LogP) is 6.55. The molecule has 0 fully saturated rings. The van der Waals surface area contributed by atoms with Crippen molar-refractivity contribution in [2.75, 3.05) is 0 Å². The van der Waals surface area contributed by atoms with Crippen molar-refractivity contribution in [2.45, 2.75) is 88.5 Å². The molecule has 0 saturated heterocycles. The second-order valence-corrected chi connectivity index (χ2v) is 5.17. The first-order chi connectivity index (χ1) is 6.38. The minimum absolute atomic E-state index is 0. The van der Waals surface area contributed by atoms with Gasteiger partial charge in [0.15, 0.2) is 0 Å². The normalized spacial score (nSPS) is 8.40. The lowest BCUT2D eigenvalue weighted by molar-refractivity contribution is 0.702. The molecule has 0 atom stereocenters. The maximum Gasteiger partial charge on any atom is -0.0500 e. The summed E-state index contributed by atoms with van der Waals surface area (Å²) in [5.41, 5.74) is 0. The largest absolute Gasteiger partial charge is 0.0776 e. The second-order valence-electron chi connectivity index (χ2n) is 5.17. The fourth-order valence-corrected chi connectivity index (χ4v) is 0.500. The summed E-state index contributed by atoms with van der Waals surface area (Å²) >= 11 is 0. The highest BCUT2D eigenvalue weighted by Crippen LogP contribution is 1.95. The molecule has 0 unspecified atom stereocenters. The van der Waals surface area contributed by atoms with Gasteiger partial charge in [-0.25, -0.2) is 0 Å².